The smallest absolute Gasteiger partial charge is 0.319 e. The first-order valence-corrected chi connectivity index (χ1v) is 10.3. The van der Waals surface area contributed by atoms with Crippen molar-refractivity contribution in [1.82, 2.24) is 5.32 Å². The lowest BCUT2D eigenvalue weighted by atomic mass is 10.0. The number of hydrogen-bond acceptors (Lipinski definition) is 4. The maximum absolute atomic E-state index is 12.2. The molecule has 0 spiro atoms. The van der Waals surface area contributed by atoms with E-state index in [-0.39, 0.29) is 23.5 Å². The maximum Gasteiger partial charge on any atom is 0.319 e. The molecular weight excluding hydrogens is 352 g/mol. The molecule has 0 radical (unpaired) electrons. The average molecular weight is 374 g/mol. The summed E-state index contributed by atoms with van der Waals surface area (Å²) in [7, 11) is -1.32. The molecule has 1 fully saturated rings. The third-order valence-corrected chi connectivity index (χ3v) is 6.29. The largest absolute Gasteiger partial charge is 0.497 e. The lowest BCUT2D eigenvalue weighted by Crippen LogP contribution is -2.33. The molecule has 1 atom stereocenters. The van der Waals surface area contributed by atoms with Gasteiger partial charge in [0.2, 0.25) is 0 Å². The molecule has 0 saturated carbocycles. The van der Waals surface area contributed by atoms with Gasteiger partial charge in [0.05, 0.1) is 24.3 Å². The number of carbonyl (C=O) groups is 1. The molecule has 0 unspecified atom stereocenters. The molecular formula is C19H22N2O4S. The molecule has 3 rings (SSSR count). The SMILES string of the molecule is COc1ccc(-c2ccccc2NC(=O)NC[C@H]2CCS(=O)(=O)C2)cc1. The average Bonchev–Trinajstić information content (AvgIpc) is 2.99. The zero-order chi connectivity index (χ0) is 18.6. The van der Waals surface area contributed by atoms with Crippen LogP contribution in [0.3, 0.4) is 0 Å². The highest BCUT2D eigenvalue weighted by Gasteiger charge is 2.27. The van der Waals surface area contributed by atoms with Gasteiger partial charge < -0.3 is 15.4 Å². The summed E-state index contributed by atoms with van der Waals surface area (Å²) in [4.78, 5) is 12.2. The number of methoxy groups -OCH3 is 1. The Hall–Kier alpha value is -2.54. The highest BCUT2D eigenvalue weighted by atomic mass is 32.2. The minimum atomic E-state index is -2.93. The van der Waals surface area contributed by atoms with Crippen molar-refractivity contribution in [3.8, 4) is 16.9 Å². The van der Waals surface area contributed by atoms with Crippen LogP contribution in [0.4, 0.5) is 10.5 Å². The summed E-state index contributed by atoms with van der Waals surface area (Å²) in [6, 6.07) is 14.8. The van der Waals surface area contributed by atoms with E-state index >= 15 is 0 Å². The van der Waals surface area contributed by atoms with Gasteiger partial charge in [-0.1, -0.05) is 30.3 Å². The van der Waals surface area contributed by atoms with Crippen LogP contribution in [0.5, 0.6) is 5.75 Å². The number of benzene rings is 2. The third kappa shape index (κ3) is 4.54. The van der Waals surface area contributed by atoms with E-state index in [0.717, 1.165) is 16.9 Å². The number of sulfone groups is 1. The number of carbonyl (C=O) groups excluding carboxylic acids is 1. The van der Waals surface area contributed by atoms with Crippen LogP contribution in [-0.4, -0.2) is 39.6 Å². The van der Waals surface area contributed by atoms with Gasteiger partial charge in [0, 0.05) is 12.1 Å². The number of anilines is 1. The molecule has 0 aliphatic carbocycles. The van der Waals surface area contributed by atoms with Gasteiger partial charge in [-0.15, -0.1) is 0 Å². The highest BCUT2D eigenvalue weighted by Crippen LogP contribution is 2.29. The quantitative estimate of drug-likeness (QED) is 0.843. The van der Waals surface area contributed by atoms with Gasteiger partial charge in [-0.25, -0.2) is 13.2 Å². The summed E-state index contributed by atoms with van der Waals surface area (Å²) in [5.74, 6) is 1.11. The Bertz CT molecular complexity index is 879. The second-order valence-corrected chi connectivity index (χ2v) is 8.61. The molecule has 138 valence electrons. The minimum absolute atomic E-state index is 0.0115. The van der Waals surface area contributed by atoms with Crippen molar-refractivity contribution in [2.24, 2.45) is 5.92 Å². The number of amides is 2. The van der Waals surface area contributed by atoms with Gasteiger partial charge in [0.15, 0.2) is 9.84 Å². The Morgan fingerprint density at radius 2 is 1.88 bits per heavy atom. The topological polar surface area (TPSA) is 84.5 Å². The zero-order valence-corrected chi connectivity index (χ0v) is 15.4. The van der Waals surface area contributed by atoms with Gasteiger partial charge in [-0.3, -0.25) is 0 Å². The number of urea groups is 1. The van der Waals surface area contributed by atoms with E-state index in [1.807, 2.05) is 48.5 Å². The van der Waals surface area contributed by atoms with E-state index in [9.17, 15) is 13.2 Å². The zero-order valence-electron chi connectivity index (χ0n) is 14.6. The first-order chi connectivity index (χ1) is 12.5. The lowest BCUT2D eigenvalue weighted by molar-refractivity contribution is 0.250. The van der Waals surface area contributed by atoms with E-state index in [1.54, 1.807) is 7.11 Å². The fraction of sp³-hybridized carbons (Fsp3) is 0.316. The number of ether oxygens (including phenoxy) is 1. The Morgan fingerprint density at radius 3 is 2.54 bits per heavy atom. The molecule has 1 aliphatic heterocycles. The molecule has 26 heavy (non-hydrogen) atoms. The normalized spacial score (nSPS) is 18.3. The Kier molecular flexibility index (Phi) is 5.46. The van der Waals surface area contributed by atoms with Crippen LogP contribution in [0.25, 0.3) is 11.1 Å². The number of rotatable bonds is 5. The number of nitrogens with one attached hydrogen (secondary N) is 2. The van der Waals surface area contributed by atoms with E-state index in [2.05, 4.69) is 10.6 Å². The third-order valence-electron chi connectivity index (χ3n) is 4.45. The van der Waals surface area contributed by atoms with Gasteiger partial charge >= 0.3 is 6.03 Å². The fourth-order valence-corrected chi connectivity index (χ4v) is 4.91. The molecule has 6 nitrogen and oxygen atoms in total. The molecule has 1 saturated heterocycles. The van der Waals surface area contributed by atoms with E-state index in [1.165, 1.54) is 0 Å². The summed E-state index contributed by atoms with van der Waals surface area (Å²) in [6.07, 6.45) is 0.602. The monoisotopic (exact) mass is 374 g/mol. The summed E-state index contributed by atoms with van der Waals surface area (Å²) in [5, 5.41) is 5.62. The summed E-state index contributed by atoms with van der Waals surface area (Å²) in [6.45, 7) is 0.357. The van der Waals surface area contributed by atoms with Gasteiger partial charge in [-0.2, -0.15) is 0 Å². The standard InChI is InChI=1S/C19H22N2O4S/c1-25-16-8-6-15(7-9-16)17-4-2-3-5-18(17)21-19(22)20-12-14-10-11-26(23,24)13-14/h2-9,14H,10-13H2,1H3,(H2,20,21,22)/t14-/m1/s1. The molecule has 7 heteroatoms. The van der Waals surface area contributed by atoms with Crippen molar-refractivity contribution in [2.45, 2.75) is 6.42 Å². The van der Waals surface area contributed by atoms with Crippen molar-refractivity contribution >= 4 is 21.6 Å². The van der Waals surface area contributed by atoms with Crippen LogP contribution >= 0.6 is 0 Å². The highest BCUT2D eigenvalue weighted by molar-refractivity contribution is 7.91. The van der Waals surface area contributed by atoms with Crippen molar-refractivity contribution < 1.29 is 17.9 Å². The van der Waals surface area contributed by atoms with Crippen LogP contribution < -0.4 is 15.4 Å². The second kappa shape index (κ2) is 7.78. The number of para-hydroxylation sites is 1. The van der Waals surface area contributed by atoms with Gasteiger partial charge in [-0.05, 0) is 36.1 Å². The van der Waals surface area contributed by atoms with Crippen molar-refractivity contribution in [3.63, 3.8) is 0 Å². The summed E-state index contributed by atoms with van der Waals surface area (Å²) in [5.41, 5.74) is 2.55. The first-order valence-electron chi connectivity index (χ1n) is 8.45. The van der Waals surface area contributed by atoms with E-state index in [4.69, 9.17) is 4.74 Å². The lowest BCUT2D eigenvalue weighted by Gasteiger charge is -2.14. The minimum Gasteiger partial charge on any atom is -0.497 e. The number of hydrogen-bond donors (Lipinski definition) is 2. The molecule has 2 amide bonds. The Balaban J connectivity index is 1.65. The van der Waals surface area contributed by atoms with Crippen molar-refractivity contribution in [2.75, 3.05) is 30.5 Å². The van der Waals surface area contributed by atoms with Crippen LogP contribution in [0, 0.1) is 5.92 Å². The van der Waals surface area contributed by atoms with Crippen molar-refractivity contribution in [1.29, 1.82) is 0 Å². The first kappa shape index (κ1) is 18.3. The molecule has 2 aromatic carbocycles. The summed E-state index contributed by atoms with van der Waals surface area (Å²) >= 11 is 0. The Morgan fingerprint density at radius 1 is 1.15 bits per heavy atom. The predicted octanol–water partition coefficient (Wildman–Crippen LogP) is 2.92. The van der Waals surface area contributed by atoms with Crippen molar-refractivity contribution in [3.05, 3.63) is 48.5 Å². The van der Waals surface area contributed by atoms with Gasteiger partial charge in [0.25, 0.3) is 0 Å². The van der Waals surface area contributed by atoms with Gasteiger partial charge in [0.1, 0.15) is 5.75 Å². The second-order valence-electron chi connectivity index (χ2n) is 6.38. The van der Waals surface area contributed by atoms with Crippen LogP contribution in [0.15, 0.2) is 48.5 Å². The van der Waals surface area contributed by atoms with Crippen LogP contribution in [0.2, 0.25) is 0 Å². The molecule has 0 bridgehead atoms. The van der Waals surface area contributed by atoms with Crippen LogP contribution in [0.1, 0.15) is 6.42 Å². The van der Waals surface area contributed by atoms with Crippen LogP contribution in [-0.2, 0) is 9.84 Å². The predicted molar refractivity (Wildman–Crippen MR) is 102 cm³/mol. The molecule has 1 heterocycles. The molecule has 2 aromatic rings. The van der Waals surface area contributed by atoms with E-state index in [0.29, 0.717) is 18.7 Å². The summed E-state index contributed by atoms with van der Waals surface area (Å²) < 4.78 is 28.1. The Labute approximate surface area is 153 Å². The fourth-order valence-electron chi connectivity index (χ4n) is 3.05. The maximum atomic E-state index is 12.2. The molecule has 1 aliphatic rings. The molecule has 0 aromatic heterocycles. The molecule has 2 N–H and O–H groups in total. The van der Waals surface area contributed by atoms with E-state index < -0.39 is 9.84 Å².